The smallest absolute Gasteiger partial charge is 0.236 e. The highest BCUT2D eigenvalue weighted by Gasteiger charge is 2.17. The van der Waals surface area contributed by atoms with Crippen molar-refractivity contribution in [1.82, 2.24) is 19.7 Å². The van der Waals surface area contributed by atoms with Gasteiger partial charge in [-0.25, -0.2) is 4.98 Å². The number of anilines is 1. The van der Waals surface area contributed by atoms with Crippen LogP contribution in [-0.2, 0) is 4.79 Å². The Morgan fingerprint density at radius 2 is 1.72 bits per heavy atom. The zero-order valence-corrected chi connectivity index (χ0v) is 16.6. The molecule has 2 aromatic carbocycles. The summed E-state index contributed by atoms with van der Waals surface area (Å²) >= 11 is 1.34. The number of benzene rings is 2. The van der Waals surface area contributed by atoms with Crippen molar-refractivity contribution in [3.05, 3.63) is 84.6 Å². The Bertz CT molecular complexity index is 1110. The predicted octanol–water partition coefficient (Wildman–Crippen LogP) is 4.37. The molecular formula is C22H19N5OS. The summed E-state index contributed by atoms with van der Waals surface area (Å²) in [4.78, 5) is 16.6. The van der Waals surface area contributed by atoms with Gasteiger partial charge in [0.1, 0.15) is 5.82 Å². The molecule has 0 aliphatic rings. The Morgan fingerprint density at radius 1 is 1.00 bits per heavy atom. The molecule has 0 spiro atoms. The van der Waals surface area contributed by atoms with E-state index >= 15 is 0 Å². The van der Waals surface area contributed by atoms with Crippen LogP contribution < -0.4 is 5.32 Å². The van der Waals surface area contributed by atoms with Crippen LogP contribution in [0.2, 0.25) is 0 Å². The van der Waals surface area contributed by atoms with Gasteiger partial charge in [-0.3, -0.25) is 9.36 Å². The first kappa shape index (κ1) is 18.9. The Hall–Kier alpha value is -3.45. The molecule has 0 aliphatic carbocycles. The Kier molecular flexibility index (Phi) is 5.67. The lowest BCUT2D eigenvalue weighted by atomic mass is 10.2. The second kappa shape index (κ2) is 8.70. The second-order valence-electron chi connectivity index (χ2n) is 6.40. The number of aryl methyl sites for hydroxylation is 1. The van der Waals surface area contributed by atoms with Gasteiger partial charge in [-0.15, -0.1) is 10.2 Å². The van der Waals surface area contributed by atoms with E-state index in [4.69, 9.17) is 0 Å². The Balaban J connectivity index is 1.57. The summed E-state index contributed by atoms with van der Waals surface area (Å²) in [5.41, 5.74) is 2.95. The molecule has 0 fully saturated rings. The molecule has 144 valence electrons. The molecule has 0 aliphatic heterocycles. The summed E-state index contributed by atoms with van der Waals surface area (Å²) in [5.74, 6) is 1.34. The van der Waals surface area contributed by atoms with Crippen LogP contribution in [0.25, 0.3) is 17.1 Å². The van der Waals surface area contributed by atoms with E-state index in [2.05, 4.69) is 20.5 Å². The monoisotopic (exact) mass is 401 g/mol. The fourth-order valence-electron chi connectivity index (χ4n) is 2.86. The quantitative estimate of drug-likeness (QED) is 0.486. The van der Waals surface area contributed by atoms with Crippen LogP contribution in [-0.4, -0.2) is 31.4 Å². The Morgan fingerprint density at radius 3 is 2.45 bits per heavy atom. The number of carbonyl (C=O) groups excluding carboxylic acids is 1. The Labute approximate surface area is 173 Å². The van der Waals surface area contributed by atoms with E-state index in [1.54, 1.807) is 6.20 Å². The van der Waals surface area contributed by atoms with E-state index in [0.717, 1.165) is 22.6 Å². The molecule has 0 atom stereocenters. The second-order valence-corrected chi connectivity index (χ2v) is 7.34. The van der Waals surface area contributed by atoms with E-state index in [-0.39, 0.29) is 11.7 Å². The maximum absolute atomic E-state index is 12.4. The number of carbonyl (C=O) groups is 1. The van der Waals surface area contributed by atoms with Crippen LogP contribution in [0, 0.1) is 6.92 Å². The minimum Gasteiger partial charge on any atom is -0.310 e. The number of hydrogen-bond acceptors (Lipinski definition) is 5. The van der Waals surface area contributed by atoms with Gasteiger partial charge in [0.05, 0.1) is 5.75 Å². The van der Waals surface area contributed by atoms with Gasteiger partial charge in [0.15, 0.2) is 11.0 Å². The fourth-order valence-corrected chi connectivity index (χ4v) is 3.61. The van der Waals surface area contributed by atoms with Gasteiger partial charge >= 0.3 is 0 Å². The van der Waals surface area contributed by atoms with E-state index in [1.807, 2.05) is 84.3 Å². The zero-order valence-electron chi connectivity index (χ0n) is 15.8. The molecule has 1 N–H and O–H groups in total. The molecule has 1 amide bonds. The molecule has 29 heavy (non-hydrogen) atoms. The van der Waals surface area contributed by atoms with Crippen molar-refractivity contribution in [2.24, 2.45) is 0 Å². The topological polar surface area (TPSA) is 72.7 Å². The van der Waals surface area contributed by atoms with Gasteiger partial charge in [-0.05, 0) is 36.8 Å². The minimum absolute atomic E-state index is 0.142. The molecule has 7 heteroatoms. The van der Waals surface area contributed by atoms with Gasteiger partial charge in [0, 0.05) is 17.4 Å². The number of rotatable bonds is 6. The zero-order chi connectivity index (χ0) is 20.1. The lowest BCUT2D eigenvalue weighted by Gasteiger charge is -2.10. The average molecular weight is 401 g/mol. The number of aromatic nitrogens is 4. The first-order valence-corrected chi connectivity index (χ1v) is 10.1. The lowest BCUT2D eigenvalue weighted by Crippen LogP contribution is -2.15. The normalized spacial score (nSPS) is 10.7. The van der Waals surface area contributed by atoms with Crippen LogP contribution in [0.4, 0.5) is 5.82 Å². The van der Waals surface area contributed by atoms with E-state index in [1.165, 1.54) is 11.8 Å². The highest BCUT2D eigenvalue weighted by atomic mass is 32.2. The van der Waals surface area contributed by atoms with Crippen molar-refractivity contribution in [3.63, 3.8) is 0 Å². The maximum atomic E-state index is 12.4. The summed E-state index contributed by atoms with van der Waals surface area (Å²) in [6, 6.07) is 23.5. The summed E-state index contributed by atoms with van der Waals surface area (Å²) in [7, 11) is 0. The third-order valence-electron chi connectivity index (χ3n) is 4.20. The fraction of sp³-hybridized carbons (Fsp3) is 0.0909. The van der Waals surface area contributed by atoms with Crippen molar-refractivity contribution >= 4 is 23.5 Å². The molecule has 4 aromatic rings. The number of amides is 1. The van der Waals surface area contributed by atoms with Gasteiger partial charge in [0.2, 0.25) is 5.91 Å². The van der Waals surface area contributed by atoms with Crippen molar-refractivity contribution in [2.45, 2.75) is 12.1 Å². The number of nitrogens with zero attached hydrogens (tertiary/aromatic N) is 4. The van der Waals surface area contributed by atoms with Crippen molar-refractivity contribution in [3.8, 4) is 17.1 Å². The van der Waals surface area contributed by atoms with Crippen LogP contribution in [0.5, 0.6) is 0 Å². The first-order chi connectivity index (χ1) is 14.2. The first-order valence-electron chi connectivity index (χ1n) is 9.12. The largest absolute Gasteiger partial charge is 0.310 e. The lowest BCUT2D eigenvalue weighted by molar-refractivity contribution is -0.113. The summed E-state index contributed by atoms with van der Waals surface area (Å²) in [5, 5.41) is 12.2. The SMILES string of the molecule is Cc1ccnc(NC(=O)CSc2nnc(-c3ccccc3)n2-c2ccccc2)c1. The van der Waals surface area contributed by atoms with Gasteiger partial charge < -0.3 is 5.32 Å². The molecule has 0 saturated carbocycles. The van der Waals surface area contributed by atoms with Crippen molar-refractivity contribution in [1.29, 1.82) is 0 Å². The molecule has 0 saturated heterocycles. The highest BCUT2D eigenvalue weighted by Crippen LogP contribution is 2.27. The molecule has 6 nitrogen and oxygen atoms in total. The standard InChI is InChI=1S/C22H19N5OS/c1-16-12-13-23-19(14-16)24-20(28)15-29-22-26-25-21(17-8-4-2-5-9-17)27(22)18-10-6-3-7-11-18/h2-14H,15H2,1H3,(H,23,24,28). The van der Waals surface area contributed by atoms with Crippen molar-refractivity contribution < 1.29 is 4.79 Å². The van der Waals surface area contributed by atoms with E-state index < -0.39 is 0 Å². The molecule has 4 rings (SSSR count). The van der Waals surface area contributed by atoms with Crippen LogP contribution in [0.3, 0.4) is 0 Å². The number of nitrogens with one attached hydrogen (secondary N) is 1. The third-order valence-corrected chi connectivity index (χ3v) is 5.12. The molecule has 2 aromatic heterocycles. The van der Waals surface area contributed by atoms with E-state index in [0.29, 0.717) is 11.0 Å². The number of hydrogen-bond donors (Lipinski definition) is 1. The average Bonchev–Trinajstić information content (AvgIpc) is 3.17. The summed E-state index contributed by atoms with van der Waals surface area (Å²) in [6.45, 7) is 1.96. The molecule has 0 radical (unpaired) electrons. The highest BCUT2D eigenvalue weighted by molar-refractivity contribution is 7.99. The third kappa shape index (κ3) is 4.52. The maximum Gasteiger partial charge on any atom is 0.236 e. The predicted molar refractivity (Wildman–Crippen MR) is 115 cm³/mol. The van der Waals surface area contributed by atoms with Crippen molar-refractivity contribution in [2.75, 3.05) is 11.1 Å². The number of thioether (sulfide) groups is 1. The van der Waals surface area contributed by atoms with Crippen LogP contribution in [0.1, 0.15) is 5.56 Å². The van der Waals surface area contributed by atoms with Gasteiger partial charge in [-0.2, -0.15) is 0 Å². The molecule has 0 unspecified atom stereocenters. The van der Waals surface area contributed by atoms with Gasteiger partial charge in [-0.1, -0.05) is 60.3 Å². The molecule has 2 heterocycles. The molecule has 0 bridgehead atoms. The summed E-state index contributed by atoms with van der Waals surface area (Å²) in [6.07, 6.45) is 1.68. The minimum atomic E-state index is -0.142. The number of pyridine rings is 1. The van der Waals surface area contributed by atoms with Crippen LogP contribution in [0.15, 0.2) is 84.1 Å². The van der Waals surface area contributed by atoms with Gasteiger partial charge in [0.25, 0.3) is 0 Å². The summed E-state index contributed by atoms with van der Waals surface area (Å²) < 4.78 is 1.97. The number of para-hydroxylation sites is 1. The van der Waals surface area contributed by atoms with Crippen LogP contribution >= 0.6 is 11.8 Å². The van der Waals surface area contributed by atoms with E-state index in [9.17, 15) is 4.79 Å². The molecular weight excluding hydrogens is 382 g/mol.